The largest absolute Gasteiger partial charge is 0.475 e. The lowest BCUT2D eigenvalue weighted by molar-refractivity contribution is 0.0660. The van der Waals surface area contributed by atoms with Crippen molar-refractivity contribution in [1.82, 2.24) is 9.55 Å². The first-order valence-corrected chi connectivity index (χ1v) is 7.20. The zero-order valence-electron chi connectivity index (χ0n) is 12.2. The van der Waals surface area contributed by atoms with E-state index in [1.807, 2.05) is 28.8 Å². The molecule has 0 fully saturated rings. The lowest BCUT2D eigenvalue weighted by atomic mass is 10.3. The average molecular weight is 299 g/mol. The first kappa shape index (κ1) is 14.2. The summed E-state index contributed by atoms with van der Waals surface area (Å²) in [5.41, 5.74) is 1.88. The Hall–Kier alpha value is -2.76. The van der Waals surface area contributed by atoms with Gasteiger partial charge in [-0.25, -0.2) is 9.78 Å². The summed E-state index contributed by atoms with van der Waals surface area (Å²) in [5.74, 6) is 0.227. The summed E-state index contributed by atoms with van der Waals surface area (Å²) in [6.45, 7) is 3.34. The number of nitrogens with zero attached hydrogens (tertiary/aromatic N) is 2. The molecule has 1 aromatic carbocycles. The van der Waals surface area contributed by atoms with Crippen molar-refractivity contribution in [2.75, 3.05) is 11.9 Å². The zero-order chi connectivity index (χ0) is 15.5. The summed E-state index contributed by atoms with van der Waals surface area (Å²) in [6.07, 6.45) is 0.993. The van der Waals surface area contributed by atoms with Crippen LogP contribution in [0.5, 0.6) is 0 Å². The minimum absolute atomic E-state index is 0.0533. The van der Waals surface area contributed by atoms with Crippen LogP contribution in [-0.2, 0) is 6.54 Å². The summed E-state index contributed by atoms with van der Waals surface area (Å²) >= 11 is 0. The van der Waals surface area contributed by atoms with Gasteiger partial charge in [0.05, 0.1) is 17.6 Å². The number of furan rings is 1. The highest BCUT2D eigenvalue weighted by atomic mass is 16.4. The Morgan fingerprint density at radius 1 is 1.32 bits per heavy atom. The van der Waals surface area contributed by atoms with Gasteiger partial charge in [0.25, 0.3) is 0 Å². The fraction of sp³-hybridized carbons (Fsp3) is 0.250. The van der Waals surface area contributed by atoms with Gasteiger partial charge in [-0.2, -0.15) is 0 Å². The van der Waals surface area contributed by atoms with E-state index in [4.69, 9.17) is 9.52 Å². The first-order chi connectivity index (χ1) is 10.7. The summed E-state index contributed by atoms with van der Waals surface area (Å²) in [4.78, 5) is 15.5. The van der Waals surface area contributed by atoms with Gasteiger partial charge in [0.1, 0.15) is 5.76 Å². The molecule has 0 aliphatic heterocycles. The first-order valence-electron chi connectivity index (χ1n) is 7.20. The summed E-state index contributed by atoms with van der Waals surface area (Å²) in [7, 11) is 0. The molecular weight excluding hydrogens is 282 g/mol. The molecule has 2 N–H and O–H groups in total. The Morgan fingerprint density at radius 3 is 2.86 bits per heavy atom. The van der Waals surface area contributed by atoms with Crippen LogP contribution in [0, 0.1) is 0 Å². The van der Waals surface area contributed by atoms with Crippen LogP contribution in [0.15, 0.2) is 40.8 Å². The van der Waals surface area contributed by atoms with Crippen molar-refractivity contribution < 1.29 is 14.3 Å². The van der Waals surface area contributed by atoms with Gasteiger partial charge in [-0.1, -0.05) is 19.1 Å². The van der Waals surface area contributed by atoms with Crippen molar-refractivity contribution >= 4 is 23.0 Å². The highest BCUT2D eigenvalue weighted by Crippen LogP contribution is 2.22. The number of anilines is 1. The van der Waals surface area contributed by atoms with Gasteiger partial charge in [-0.15, -0.1) is 0 Å². The second kappa shape index (κ2) is 5.93. The Balaban J connectivity index is 1.97. The zero-order valence-corrected chi connectivity index (χ0v) is 12.2. The SMILES string of the molecule is CCCNc1nc2ccccc2n1Cc1ccc(C(=O)O)o1. The number of imidazole rings is 1. The number of hydrogen-bond acceptors (Lipinski definition) is 4. The van der Waals surface area contributed by atoms with Crippen LogP contribution in [-0.4, -0.2) is 27.2 Å². The van der Waals surface area contributed by atoms with Crippen LogP contribution >= 0.6 is 0 Å². The van der Waals surface area contributed by atoms with E-state index in [-0.39, 0.29) is 5.76 Å². The maximum Gasteiger partial charge on any atom is 0.371 e. The van der Waals surface area contributed by atoms with Crippen molar-refractivity contribution in [2.45, 2.75) is 19.9 Å². The fourth-order valence-corrected chi connectivity index (χ4v) is 2.34. The minimum Gasteiger partial charge on any atom is -0.475 e. The smallest absolute Gasteiger partial charge is 0.371 e. The Bertz CT molecular complexity index is 804. The fourth-order valence-electron chi connectivity index (χ4n) is 2.34. The van der Waals surface area contributed by atoms with Crippen LogP contribution in [0.2, 0.25) is 0 Å². The predicted octanol–water partition coefficient (Wildman–Crippen LogP) is 3.20. The highest BCUT2D eigenvalue weighted by molar-refractivity contribution is 5.84. The second-order valence-corrected chi connectivity index (χ2v) is 5.01. The third-order valence-corrected chi connectivity index (χ3v) is 3.37. The number of para-hydroxylation sites is 2. The van der Waals surface area contributed by atoms with E-state index < -0.39 is 5.97 Å². The van der Waals surface area contributed by atoms with Crippen LogP contribution in [0.25, 0.3) is 11.0 Å². The Kier molecular flexibility index (Phi) is 3.82. The topological polar surface area (TPSA) is 80.3 Å². The van der Waals surface area contributed by atoms with Gasteiger partial charge in [-0.05, 0) is 30.7 Å². The van der Waals surface area contributed by atoms with E-state index >= 15 is 0 Å². The van der Waals surface area contributed by atoms with E-state index in [0.717, 1.165) is 29.9 Å². The number of nitrogens with one attached hydrogen (secondary N) is 1. The maximum absolute atomic E-state index is 10.9. The van der Waals surface area contributed by atoms with Gasteiger partial charge in [-0.3, -0.25) is 0 Å². The van der Waals surface area contributed by atoms with E-state index in [0.29, 0.717) is 12.3 Å². The van der Waals surface area contributed by atoms with E-state index in [1.54, 1.807) is 6.07 Å². The van der Waals surface area contributed by atoms with Crippen molar-refractivity contribution in [3.8, 4) is 0 Å². The Morgan fingerprint density at radius 2 is 2.14 bits per heavy atom. The number of carboxylic acid groups (broad SMARTS) is 1. The molecule has 0 spiro atoms. The van der Waals surface area contributed by atoms with Crippen LogP contribution in [0.3, 0.4) is 0 Å². The van der Waals surface area contributed by atoms with E-state index in [9.17, 15) is 4.79 Å². The summed E-state index contributed by atoms with van der Waals surface area (Å²) in [5, 5.41) is 12.2. The molecule has 114 valence electrons. The third-order valence-electron chi connectivity index (χ3n) is 3.37. The molecule has 2 aromatic heterocycles. The molecule has 22 heavy (non-hydrogen) atoms. The Labute approximate surface area is 127 Å². The van der Waals surface area contributed by atoms with E-state index in [1.165, 1.54) is 6.07 Å². The van der Waals surface area contributed by atoms with Crippen molar-refractivity contribution in [2.24, 2.45) is 0 Å². The van der Waals surface area contributed by atoms with Gasteiger partial charge < -0.3 is 19.4 Å². The van der Waals surface area contributed by atoms with E-state index in [2.05, 4.69) is 17.2 Å². The van der Waals surface area contributed by atoms with Gasteiger partial charge in [0, 0.05) is 6.54 Å². The monoisotopic (exact) mass is 299 g/mol. The number of hydrogen-bond donors (Lipinski definition) is 2. The molecule has 0 aliphatic carbocycles. The standard InChI is InChI=1S/C16H17N3O3/c1-2-9-17-16-18-12-5-3-4-6-13(12)19(16)10-11-7-8-14(22-11)15(20)21/h3-8H,2,9-10H2,1H3,(H,17,18)(H,20,21). The van der Waals surface area contributed by atoms with Gasteiger partial charge in [0.15, 0.2) is 0 Å². The molecule has 0 amide bonds. The number of fused-ring (bicyclic) bond motifs is 1. The molecule has 6 nitrogen and oxygen atoms in total. The van der Waals surface area contributed by atoms with Gasteiger partial charge >= 0.3 is 5.97 Å². The maximum atomic E-state index is 10.9. The number of benzene rings is 1. The number of rotatable bonds is 6. The highest BCUT2D eigenvalue weighted by Gasteiger charge is 2.14. The molecule has 0 saturated carbocycles. The molecule has 0 bridgehead atoms. The average Bonchev–Trinajstić information content (AvgIpc) is 3.11. The number of aromatic nitrogens is 2. The second-order valence-electron chi connectivity index (χ2n) is 5.01. The molecule has 3 aromatic rings. The van der Waals surface area contributed by atoms with Crippen molar-refractivity contribution in [1.29, 1.82) is 0 Å². The quantitative estimate of drug-likeness (QED) is 0.730. The summed E-state index contributed by atoms with van der Waals surface area (Å²) in [6, 6.07) is 11.0. The number of aromatic carboxylic acids is 1. The van der Waals surface area contributed by atoms with Crippen LogP contribution in [0.1, 0.15) is 29.7 Å². The summed E-state index contributed by atoms with van der Waals surface area (Å²) < 4.78 is 7.35. The molecule has 0 aliphatic rings. The third kappa shape index (κ3) is 2.67. The molecule has 0 radical (unpaired) electrons. The molecule has 2 heterocycles. The molecule has 0 saturated heterocycles. The predicted molar refractivity (Wildman–Crippen MR) is 83.3 cm³/mol. The van der Waals surface area contributed by atoms with Crippen LogP contribution in [0.4, 0.5) is 5.95 Å². The van der Waals surface area contributed by atoms with Crippen LogP contribution < -0.4 is 5.32 Å². The molecular formula is C16H17N3O3. The van der Waals surface area contributed by atoms with Crippen molar-refractivity contribution in [3.05, 3.63) is 47.9 Å². The minimum atomic E-state index is -1.06. The number of carbonyl (C=O) groups is 1. The molecule has 6 heteroatoms. The molecule has 0 unspecified atom stereocenters. The lowest BCUT2D eigenvalue weighted by Crippen LogP contribution is -2.09. The number of carboxylic acids is 1. The lowest BCUT2D eigenvalue weighted by Gasteiger charge is -2.08. The molecule has 3 rings (SSSR count). The van der Waals surface area contributed by atoms with Gasteiger partial charge in [0.2, 0.25) is 11.7 Å². The molecule has 0 atom stereocenters. The van der Waals surface area contributed by atoms with Crippen molar-refractivity contribution in [3.63, 3.8) is 0 Å². The normalized spacial score (nSPS) is 11.0.